The maximum atomic E-state index is 12.7. The average Bonchev–Trinajstić information content (AvgIpc) is 3.04. The number of anilines is 1. The molecule has 2 saturated heterocycles. The van der Waals surface area contributed by atoms with Crippen molar-refractivity contribution in [2.45, 2.75) is 19.3 Å². The quantitative estimate of drug-likeness (QED) is 0.916. The summed E-state index contributed by atoms with van der Waals surface area (Å²) in [6.45, 7) is 5.47. The highest BCUT2D eigenvalue weighted by Gasteiger charge is 2.31. The van der Waals surface area contributed by atoms with Crippen LogP contribution >= 0.6 is 12.4 Å². The Morgan fingerprint density at radius 1 is 1.22 bits per heavy atom. The molecular formula is C18H28ClN3O. The first-order chi connectivity index (χ1) is 10.7. The molecular weight excluding hydrogens is 310 g/mol. The van der Waals surface area contributed by atoms with E-state index in [1.165, 1.54) is 19.4 Å². The molecule has 0 spiro atoms. The molecule has 2 heterocycles. The van der Waals surface area contributed by atoms with Gasteiger partial charge in [0.15, 0.2) is 0 Å². The highest BCUT2D eigenvalue weighted by atomic mass is 35.5. The van der Waals surface area contributed by atoms with E-state index >= 15 is 0 Å². The van der Waals surface area contributed by atoms with Crippen LogP contribution in [0.1, 0.15) is 19.3 Å². The maximum absolute atomic E-state index is 12.7. The van der Waals surface area contributed by atoms with Gasteiger partial charge in [-0.25, -0.2) is 0 Å². The van der Waals surface area contributed by atoms with Gasteiger partial charge in [-0.15, -0.1) is 12.4 Å². The first-order valence-corrected chi connectivity index (χ1v) is 8.49. The monoisotopic (exact) mass is 337 g/mol. The van der Waals surface area contributed by atoms with Gasteiger partial charge in [0, 0.05) is 25.8 Å². The molecule has 128 valence electrons. The number of nitrogens with zero attached hydrogens (tertiary/aromatic N) is 2. The zero-order chi connectivity index (χ0) is 15.4. The molecule has 23 heavy (non-hydrogen) atoms. The summed E-state index contributed by atoms with van der Waals surface area (Å²) in [5.74, 6) is 1.23. The number of amides is 1. The van der Waals surface area contributed by atoms with E-state index in [4.69, 9.17) is 0 Å². The van der Waals surface area contributed by atoms with Crippen molar-refractivity contribution in [1.82, 2.24) is 10.2 Å². The normalized spacial score (nSPS) is 22.6. The van der Waals surface area contributed by atoms with Crippen LogP contribution in [0.2, 0.25) is 0 Å². The summed E-state index contributed by atoms with van der Waals surface area (Å²) in [6, 6.07) is 9.95. The van der Waals surface area contributed by atoms with Gasteiger partial charge >= 0.3 is 0 Å². The molecule has 0 radical (unpaired) electrons. The highest BCUT2D eigenvalue weighted by molar-refractivity contribution is 5.94. The Morgan fingerprint density at radius 2 is 1.91 bits per heavy atom. The molecule has 1 unspecified atom stereocenters. The van der Waals surface area contributed by atoms with Gasteiger partial charge < -0.3 is 15.1 Å². The molecule has 0 bridgehead atoms. The van der Waals surface area contributed by atoms with Gasteiger partial charge in [-0.05, 0) is 56.9 Å². The number of hydrogen-bond acceptors (Lipinski definition) is 3. The molecule has 1 amide bonds. The standard InChI is InChI=1S/C18H27N3O.ClH/c1-20(17-5-3-2-4-6-17)18(22)16-9-12-21(14-16)13-15-7-10-19-11-8-15;/h2-6,15-16,19H,7-14H2,1H3;1H. The van der Waals surface area contributed by atoms with E-state index in [0.717, 1.165) is 44.2 Å². The first-order valence-electron chi connectivity index (χ1n) is 8.49. The van der Waals surface area contributed by atoms with Crippen LogP contribution in [-0.4, -0.2) is 50.6 Å². The minimum absolute atomic E-state index is 0. The zero-order valence-corrected chi connectivity index (χ0v) is 14.7. The Morgan fingerprint density at radius 3 is 2.61 bits per heavy atom. The van der Waals surface area contributed by atoms with Crippen molar-refractivity contribution in [3.8, 4) is 0 Å². The molecule has 2 aliphatic rings. The van der Waals surface area contributed by atoms with Crippen molar-refractivity contribution in [3.63, 3.8) is 0 Å². The molecule has 1 atom stereocenters. The summed E-state index contributed by atoms with van der Waals surface area (Å²) < 4.78 is 0. The highest BCUT2D eigenvalue weighted by Crippen LogP contribution is 2.24. The molecule has 2 aliphatic heterocycles. The summed E-state index contributed by atoms with van der Waals surface area (Å²) in [5.41, 5.74) is 0.990. The zero-order valence-electron chi connectivity index (χ0n) is 13.9. The Labute approximate surface area is 145 Å². The number of nitrogens with one attached hydrogen (secondary N) is 1. The lowest BCUT2D eigenvalue weighted by molar-refractivity contribution is -0.121. The van der Waals surface area contributed by atoms with Crippen LogP contribution in [-0.2, 0) is 4.79 Å². The average molecular weight is 338 g/mol. The molecule has 1 N–H and O–H groups in total. The molecule has 4 nitrogen and oxygen atoms in total. The lowest BCUT2D eigenvalue weighted by Gasteiger charge is -2.27. The fourth-order valence-corrected chi connectivity index (χ4v) is 3.68. The summed E-state index contributed by atoms with van der Waals surface area (Å²) >= 11 is 0. The third-order valence-electron chi connectivity index (χ3n) is 5.07. The van der Waals surface area contributed by atoms with Gasteiger partial charge in [0.05, 0.1) is 5.92 Å². The lowest BCUT2D eigenvalue weighted by Crippen LogP contribution is -2.37. The van der Waals surface area contributed by atoms with E-state index in [1.807, 2.05) is 42.3 Å². The van der Waals surface area contributed by atoms with Crippen molar-refractivity contribution in [2.24, 2.45) is 11.8 Å². The topological polar surface area (TPSA) is 35.6 Å². The van der Waals surface area contributed by atoms with Crippen LogP contribution in [0.25, 0.3) is 0 Å². The van der Waals surface area contributed by atoms with E-state index in [1.54, 1.807) is 0 Å². The number of likely N-dealkylation sites (tertiary alicyclic amines) is 1. The summed E-state index contributed by atoms with van der Waals surface area (Å²) in [6.07, 6.45) is 3.55. The van der Waals surface area contributed by atoms with Crippen LogP contribution in [0.15, 0.2) is 30.3 Å². The van der Waals surface area contributed by atoms with Crippen LogP contribution in [0.3, 0.4) is 0 Å². The number of carbonyl (C=O) groups excluding carboxylic acids is 1. The van der Waals surface area contributed by atoms with Gasteiger partial charge in [0.1, 0.15) is 0 Å². The second kappa shape index (κ2) is 8.67. The molecule has 0 aliphatic carbocycles. The van der Waals surface area contributed by atoms with Crippen molar-refractivity contribution in [1.29, 1.82) is 0 Å². The Kier molecular flexibility index (Phi) is 6.88. The van der Waals surface area contributed by atoms with E-state index < -0.39 is 0 Å². The molecule has 2 fully saturated rings. The third-order valence-corrected chi connectivity index (χ3v) is 5.07. The van der Waals surface area contributed by atoms with Crippen molar-refractivity contribution in [2.75, 3.05) is 44.7 Å². The van der Waals surface area contributed by atoms with E-state index in [9.17, 15) is 4.79 Å². The van der Waals surface area contributed by atoms with Gasteiger partial charge in [0.25, 0.3) is 0 Å². The fourth-order valence-electron chi connectivity index (χ4n) is 3.68. The minimum atomic E-state index is 0. The molecule has 1 aromatic carbocycles. The summed E-state index contributed by atoms with van der Waals surface area (Å²) in [4.78, 5) is 17.0. The van der Waals surface area contributed by atoms with Crippen LogP contribution < -0.4 is 10.2 Å². The Hall–Kier alpha value is -1.10. The molecule has 0 aromatic heterocycles. The SMILES string of the molecule is CN(C(=O)C1CCN(CC2CCNCC2)C1)c1ccccc1.Cl. The van der Waals surface area contributed by atoms with Crippen LogP contribution in [0, 0.1) is 11.8 Å². The van der Waals surface area contributed by atoms with Crippen LogP contribution in [0.4, 0.5) is 5.69 Å². The van der Waals surface area contributed by atoms with Crippen LogP contribution in [0.5, 0.6) is 0 Å². The van der Waals surface area contributed by atoms with Gasteiger partial charge in [-0.3, -0.25) is 4.79 Å². The first kappa shape index (κ1) is 18.2. The smallest absolute Gasteiger partial charge is 0.231 e. The maximum Gasteiger partial charge on any atom is 0.231 e. The number of hydrogen-bond donors (Lipinski definition) is 1. The number of halogens is 1. The summed E-state index contributed by atoms with van der Waals surface area (Å²) in [5, 5.41) is 3.42. The molecule has 0 saturated carbocycles. The van der Waals surface area contributed by atoms with E-state index in [-0.39, 0.29) is 24.2 Å². The number of rotatable bonds is 4. The Bertz CT molecular complexity index is 490. The van der Waals surface area contributed by atoms with Crippen molar-refractivity contribution in [3.05, 3.63) is 30.3 Å². The van der Waals surface area contributed by atoms with Gasteiger partial charge in [-0.2, -0.15) is 0 Å². The summed E-state index contributed by atoms with van der Waals surface area (Å²) in [7, 11) is 1.90. The minimum Gasteiger partial charge on any atom is -0.317 e. The molecule has 1 aromatic rings. The Balaban J connectivity index is 0.00000192. The second-order valence-corrected chi connectivity index (χ2v) is 6.67. The fraction of sp³-hybridized carbons (Fsp3) is 0.611. The number of piperidine rings is 1. The largest absolute Gasteiger partial charge is 0.317 e. The van der Waals surface area contributed by atoms with E-state index in [2.05, 4.69) is 10.2 Å². The molecule has 5 heteroatoms. The second-order valence-electron chi connectivity index (χ2n) is 6.67. The number of carbonyl (C=O) groups is 1. The number of para-hydroxylation sites is 1. The number of benzene rings is 1. The van der Waals surface area contributed by atoms with Crippen molar-refractivity contribution < 1.29 is 4.79 Å². The predicted octanol–water partition coefficient (Wildman–Crippen LogP) is 2.39. The van der Waals surface area contributed by atoms with Gasteiger partial charge in [0.2, 0.25) is 5.91 Å². The van der Waals surface area contributed by atoms with E-state index in [0.29, 0.717) is 0 Å². The third kappa shape index (κ3) is 4.69. The molecule has 3 rings (SSSR count). The predicted molar refractivity (Wildman–Crippen MR) is 97.2 cm³/mol. The van der Waals surface area contributed by atoms with Crippen molar-refractivity contribution >= 4 is 24.0 Å². The lowest BCUT2D eigenvalue weighted by atomic mass is 9.98. The van der Waals surface area contributed by atoms with Gasteiger partial charge in [-0.1, -0.05) is 18.2 Å².